The first-order valence-electron chi connectivity index (χ1n) is 4.63. The fourth-order valence-corrected chi connectivity index (χ4v) is 1.95. The Balaban J connectivity index is 2.74. The molecule has 0 radical (unpaired) electrons. The van der Waals surface area contributed by atoms with Crippen molar-refractivity contribution in [1.29, 1.82) is 0 Å². The third-order valence-corrected chi connectivity index (χ3v) is 2.51. The molecule has 0 unspecified atom stereocenters. The minimum absolute atomic E-state index is 0.113. The second-order valence-corrected chi connectivity index (χ2v) is 3.79. The van der Waals surface area contributed by atoms with E-state index in [0.717, 1.165) is 16.7 Å². The molecule has 1 aliphatic rings. The molecule has 1 aromatic carbocycles. The fourth-order valence-electron chi connectivity index (χ4n) is 1.95. The first-order valence-corrected chi connectivity index (χ1v) is 4.63. The first kappa shape index (κ1) is 9.00. The van der Waals surface area contributed by atoms with Crippen molar-refractivity contribution in [2.24, 2.45) is 0 Å². The molecule has 2 heteroatoms. The monoisotopic (exact) mass is 188 g/mol. The van der Waals surface area contributed by atoms with Crippen LogP contribution >= 0.6 is 0 Å². The van der Waals surface area contributed by atoms with Crippen LogP contribution in [0.4, 0.5) is 0 Å². The van der Waals surface area contributed by atoms with Gasteiger partial charge < -0.3 is 5.11 Å². The number of hydrogen-bond donors (Lipinski definition) is 1. The molecule has 1 N–H and O–H groups in total. The van der Waals surface area contributed by atoms with E-state index in [1.54, 1.807) is 12.1 Å². The number of aromatic hydroxyl groups is 1. The molecule has 2 rings (SSSR count). The van der Waals surface area contributed by atoms with Crippen LogP contribution in [0.1, 0.15) is 25.0 Å². The Morgan fingerprint density at radius 2 is 2.07 bits per heavy atom. The molecule has 0 amide bonds. The summed E-state index contributed by atoms with van der Waals surface area (Å²) in [6, 6.07) is 5.29. The van der Waals surface area contributed by atoms with E-state index in [2.05, 4.69) is 0 Å². The van der Waals surface area contributed by atoms with Crippen molar-refractivity contribution >= 4 is 11.4 Å². The summed E-state index contributed by atoms with van der Waals surface area (Å²) in [4.78, 5) is 11.7. The molecule has 72 valence electrons. The Labute approximate surface area is 82.9 Å². The van der Waals surface area contributed by atoms with E-state index in [0.29, 0.717) is 12.0 Å². The Morgan fingerprint density at radius 3 is 2.71 bits per heavy atom. The van der Waals surface area contributed by atoms with Crippen molar-refractivity contribution in [3.05, 3.63) is 34.9 Å². The zero-order valence-corrected chi connectivity index (χ0v) is 8.29. The number of allylic oxidation sites excluding steroid dienone is 2. The number of rotatable bonds is 0. The van der Waals surface area contributed by atoms with E-state index in [4.69, 9.17) is 0 Å². The van der Waals surface area contributed by atoms with E-state index in [1.807, 2.05) is 19.9 Å². The summed E-state index contributed by atoms with van der Waals surface area (Å²) in [5.74, 6) is 0.325. The predicted molar refractivity (Wildman–Crippen MR) is 55.1 cm³/mol. The van der Waals surface area contributed by atoms with Gasteiger partial charge in [0.25, 0.3) is 0 Å². The lowest BCUT2D eigenvalue weighted by atomic mass is 10.0. The van der Waals surface area contributed by atoms with Crippen LogP contribution in [0.2, 0.25) is 0 Å². The third kappa shape index (κ3) is 1.15. The van der Waals surface area contributed by atoms with E-state index in [1.165, 1.54) is 0 Å². The Morgan fingerprint density at radius 1 is 1.36 bits per heavy atom. The second kappa shape index (κ2) is 2.98. The zero-order chi connectivity index (χ0) is 10.3. The van der Waals surface area contributed by atoms with Crippen LogP contribution < -0.4 is 0 Å². The fraction of sp³-hybridized carbons (Fsp3) is 0.250. The zero-order valence-electron chi connectivity index (χ0n) is 8.29. The molecule has 0 aromatic heterocycles. The lowest BCUT2D eigenvalue weighted by Crippen LogP contribution is -1.95. The van der Waals surface area contributed by atoms with E-state index in [9.17, 15) is 9.90 Å². The number of ketones is 1. The van der Waals surface area contributed by atoms with Crippen LogP contribution in [0.25, 0.3) is 5.57 Å². The number of phenols is 1. The van der Waals surface area contributed by atoms with Crippen LogP contribution in [-0.2, 0) is 11.2 Å². The summed E-state index contributed by atoms with van der Waals surface area (Å²) in [5, 5.41) is 9.68. The highest BCUT2D eigenvalue weighted by molar-refractivity contribution is 6.26. The molecular weight excluding hydrogens is 176 g/mol. The van der Waals surface area contributed by atoms with Crippen molar-refractivity contribution in [2.45, 2.75) is 20.3 Å². The molecule has 0 saturated heterocycles. The summed E-state index contributed by atoms with van der Waals surface area (Å²) < 4.78 is 0. The maximum absolute atomic E-state index is 11.7. The number of phenolic OH excluding ortho intramolecular Hbond substituents is 1. The van der Waals surface area contributed by atoms with Crippen molar-refractivity contribution in [2.75, 3.05) is 0 Å². The quantitative estimate of drug-likeness (QED) is 0.634. The van der Waals surface area contributed by atoms with Gasteiger partial charge in [-0.1, -0.05) is 17.7 Å². The highest BCUT2D eigenvalue weighted by Gasteiger charge is 2.27. The molecule has 2 nitrogen and oxygen atoms in total. The first-order chi connectivity index (χ1) is 6.61. The summed E-state index contributed by atoms with van der Waals surface area (Å²) in [6.45, 7) is 3.80. The normalized spacial score (nSPS) is 14.4. The minimum Gasteiger partial charge on any atom is -0.507 e. The van der Waals surface area contributed by atoms with Gasteiger partial charge in [-0.2, -0.15) is 0 Å². The van der Waals surface area contributed by atoms with Crippen LogP contribution in [-0.4, -0.2) is 10.9 Å². The van der Waals surface area contributed by atoms with E-state index in [-0.39, 0.29) is 11.5 Å². The van der Waals surface area contributed by atoms with Gasteiger partial charge in [-0.25, -0.2) is 0 Å². The SMILES string of the molecule is CC(C)=C1C(=O)Cc2cccc(O)c21. The molecular formula is C12H12O2. The summed E-state index contributed by atoms with van der Waals surface area (Å²) in [6.07, 6.45) is 0.421. The van der Waals surface area contributed by atoms with Gasteiger partial charge in [-0.15, -0.1) is 0 Å². The Hall–Kier alpha value is -1.57. The number of carbonyl (C=O) groups excluding carboxylic acids is 1. The number of benzene rings is 1. The largest absolute Gasteiger partial charge is 0.507 e. The topological polar surface area (TPSA) is 37.3 Å². The second-order valence-electron chi connectivity index (χ2n) is 3.79. The molecule has 0 heterocycles. The van der Waals surface area contributed by atoms with Crippen LogP contribution in [0, 0.1) is 0 Å². The standard InChI is InChI=1S/C12H12O2/c1-7(2)11-10(14)6-8-4-3-5-9(13)12(8)11/h3-5,13H,6H2,1-2H3. The van der Waals surface area contributed by atoms with Gasteiger partial charge in [-0.05, 0) is 25.5 Å². The summed E-state index contributed by atoms with van der Waals surface area (Å²) in [7, 11) is 0. The van der Waals surface area contributed by atoms with Gasteiger partial charge in [0.15, 0.2) is 5.78 Å². The summed E-state index contributed by atoms with van der Waals surface area (Å²) in [5.41, 5.74) is 3.33. The molecule has 1 aliphatic carbocycles. The maximum Gasteiger partial charge on any atom is 0.167 e. The predicted octanol–water partition coefficient (Wildman–Crippen LogP) is 2.31. The lowest BCUT2D eigenvalue weighted by molar-refractivity contribution is -0.112. The molecule has 1 aromatic rings. The molecule has 0 aliphatic heterocycles. The molecule has 14 heavy (non-hydrogen) atoms. The van der Waals surface area contributed by atoms with Gasteiger partial charge in [-0.3, -0.25) is 4.79 Å². The number of fused-ring (bicyclic) bond motifs is 1. The van der Waals surface area contributed by atoms with E-state index < -0.39 is 0 Å². The molecule has 0 saturated carbocycles. The van der Waals surface area contributed by atoms with Crippen molar-refractivity contribution < 1.29 is 9.90 Å². The van der Waals surface area contributed by atoms with Crippen LogP contribution in [0.15, 0.2) is 23.8 Å². The third-order valence-electron chi connectivity index (χ3n) is 2.51. The lowest BCUT2D eigenvalue weighted by Gasteiger charge is -2.04. The number of hydrogen-bond acceptors (Lipinski definition) is 2. The van der Waals surface area contributed by atoms with E-state index >= 15 is 0 Å². The van der Waals surface area contributed by atoms with Crippen LogP contribution in [0.5, 0.6) is 5.75 Å². The number of Topliss-reactive ketones (excluding diaryl/α,β-unsaturated/α-hetero) is 1. The summed E-state index contributed by atoms with van der Waals surface area (Å²) >= 11 is 0. The molecule has 0 spiro atoms. The van der Waals surface area contributed by atoms with Crippen molar-refractivity contribution in [3.8, 4) is 5.75 Å². The number of carbonyl (C=O) groups is 1. The van der Waals surface area contributed by atoms with Gasteiger partial charge >= 0.3 is 0 Å². The van der Waals surface area contributed by atoms with Gasteiger partial charge in [0.2, 0.25) is 0 Å². The minimum atomic E-state index is 0.113. The van der Waals surface area contributed by atoms with Gasteiger partial charge in [0.05, 0.1) is 0 Å². The maximum atomic E-state index is 11.7. The van der Waals surface area contributed by atoms with Gasteiger partial charge in [0.1, 0.15) is 5.75 Å². The van der Waals surface area contributed by atoms with Gasteiger partial charge in [0, 0.05) is 17.6 Å². The Bertz CT molecular complexity index is 438. The average molecular weight is 188 g/mol. The molecule has 0 atom stereocenters. The Kier molecular flexibility index (Phi) is 1.92. The average Bonchev–Trinajstić information content (AvgIpc) is 2.42. The smallest absolute Gasteiger partial charge is 0.167 e. The highest BCUT2D eigenvalue weighted by Crippen LogP contribution is 2.37. The van der Waals surface area contributed by atoms with Crippen LogP contribution in [0.3, 0.4) is 0 Å². The van der Waals surface area contributed by atoms with Crippen molar-refractivity contribution in [1.82, 2.24) is 0 Å². The molecule has 0 bridgehead atoms. The highest BCUT2D eigenvalue weighted by atomic mass is 16.3. The van der Waals surface area contributed by atoms with Crippen molar-refractivity contribution in [3.63, 3.8) is 0 Å². The molecule has 0 fully saturated rings.